The van der Waals surface area contributed by atoms with Gasteiger partial charge >= 0.3 is 5.97 Å². The number of nitro benzene ring substituents is 1. The number of methoxy groups -OCH3 is 1. The second-order valence-electron chi connectivity index (χ2n) is 9.81. The molecule has 10 nitrogen and oxygen atoms in total. The minimum atomic E-state index is -1.20. The molecule has 12 heteroatoms. The lowest BCUT2D eigenvalue weighted by molar-refractivity contribution is -0.384. The monoisotopic (exact) mass is 650 g/mol. The quantitative estimate of drug-likeness (QED) is 0.0669. The zero-order chi connectivity index (χ0) is 32.2. The van der Waals surface area contributed by atoms with E-state index >= 15 is 0 Å². The Balaban J connectivity index is 1.51. The first kappa shape index (κ1) is 30.4. The highest BCUT2D eigenvalue weighted by Crippen LogP contribution is 2.40. The number of non-ortho nitro benzene ring substituents is 1. The van der Waals surface area contributed by atoms with Crippen molar-refractivity contribution < 1.29 is 24.0 Å². The molecule has 0 fully saturated rings. The summed E-state index contributed by atoms with van der Waals surface area (Å²) in [5.41, 5.74) is 4.77. The van der Waals surface area contributed by atoms with Crippen LogP contribution in [-0.4, -0.2) is 37.9 Å². The van der Waals surface area contributed by atoms with Crippen molar-refractivity contribution in [2.75, 3.05) is 7.11 Å². The number of rotatable bonds is 10. The fraction of sp³-hybridized carbons (Fsp3) is 0.0294. The van der Waals surface area contributed by atoms with Gasteiger partial charge in [0.2, 0.25) is 0 Å². The van der Waals surface area contributed by atoms with Gasteiger partial charge in [-0.25, -0.2) is 4.79 Å². The van der Waals surface area contributed by atoms with E-state index in [9.17, 15) is 20.0 Å². The Hall–Kier alpha value is -5.65. The van der Waals surface area contributed by atoms with Gasteiger partial charge in [-0.2, -0.15) is 0 Å². The van der Waals surface area contributed by atoms with Crippen molar-refractivity contribution >= 4 is 41.1 Å². The Labute approximate surface area is 271 Å². The summed E-state index contributed by atoms with van der Waals surface area (Å²) >= 11 is 6.97. The van der Waals surface area contributed by atoms with Crippen LogP contribution in [0.1, 0.15) is 5.56 Å². The molecule has 0 aliphatic carbocycles. The summed E-state index contributed by atoms with van der Waals surface area (Å²) in [6.45, 7) is 0. The van der Waals surface area contributed by atoms with Gasteiger partial charge in [-0.3, -0.25) is 10.1 Å². The van der Waals surface area contributed by atoms with Crippen LogP contribution in [0.2, 0.25) is 5.02 Å². The van der Waals surface area contributed by atoms with Crippen LogP contribution in [0.25, 0.3) is 45.7 Å². The van der Waals surface area contributed by atoms with E-state index in [-0.39, 0.29) is 21.7 Å². The summed E-state index contributed by atoms with van der Waals surface area (Å²) in [7, 11) is 1.50. The number of hydrogen-bond donors (Lipinski definition) is 1. The van der Waals surface area contributed by atoms with Gasteiger partial charge in [-0.05, 0) is 65.4 Å². The van der Waals surface area contributed by atoms with Crippen molar-refractivity contribution in [2.24, 2.45) is 0 Å². The van der Waals surface area contributed by atoms with Crippen LogP contribution in [0, 0.1) is 10.1 Å². The molecule has 0 aliphatic heterocycles. The molecule has 46 heavy (non-hydrogen) atoms. The fourth-order valence-electron chi connectivity index (χ4n) is 4.92. The van der Waals surface area contributed by atoms with Crippen LogP contribution in [0.3, 0.4) is 0 Å². The molecule has 0 saturated heterocycles. The maximum Gasteiger partial charge on any atom is 0.342 e. The van der Waals surface area contributed by atoms with Crippen molar-refractivity contribution in [3.63, 3.8) is 0 Å². The molecule has 0 spiro atoms. The molecule has 228 valence electrons. The molecule has 4 aromatic carbocycles. The molecule has 0 bridgehead atoms. The predicted molar refractivity (Wildman–Crippen MR) is 176 cm³/mol. The average molecular weight is 651 g/mol. The largest absolute Gasteiger partial charge is 0.496 e. The van der Waals surface area contributed by atoms with Gasteiger partial charge in [0.1, 0.15) is 10.7 Å². The smallest absolute Gasteiger partial charge is 0.342 e. The summed E-state index contributed by atoms with van der Waals surface area (Å²) in [4.78, 5) is 23.5. The molecule has 0 unspecified atom stereocenters. The second kappa shape index (κ2) is 13.1. The number of aromatic nitrogens is 3. The molecule has 0 radical (unpaired) electrons. The maximum absolute atomic E-state index is 12.6. The van der Waals surface area contributed by atoms with E-state index in [1.807, 2.05) is 71.3 Å². The Morgan fingerprint density at radius 2 is 1.63 bits per heavy atom. The molecule has 0 amide bonds. The van der Waals surface area contributed by atoms with Gasteiger partial charge < -0.3 is 18.8 Å². The van der Waals surface area contributed by atoms with Crippen molar-refractivity contribution in [1.82, 2.24) is 14.8 Å². The minimum absolute atomic E-state index is 0.00465. The number of nitrogens with zero attached hydrogens (tertiary/aromatic N) is 4. The maximum atomic E-state index is 12.6. The summed E-state index contributed by atoms with van der Waals surface area (Å²) in [5.74, 6) is -0.618. The SMILES string of the molecule is COc1ccc(Cl)cc1-c1nnc(S/C(=C\c2cc(-c3ccccc3)n(-c3ccc([N+](=O)[O-])cc3)c2-c2ccccc2)C(=O)O)o1. The molecule has 0 saturated carbocycles. The minimum Gasteiger partial charge on any atom is -0.496 e. The molecule has 2 aromatic heterocycles. The van der Waals surface area contributed by atoms with Gasteiger partial charge in [-0.1, -0.05) is 72.3 Å². The number of ether oxygens (including phenoxy) is 1. The third kappa shape index (κ3) is 6.27. The number of thioether (sulfide) groups is 1. The highest BCUT2D eigenvalue weighted by Gasteiger charge is 2.23. The lowest BCUT2D eigenvalue weighted by Crippen LogP contribution is -2.01. The average Bonchev–Trinajstić information content (AvgIpc) is 3.70. The number of carboxylic acids is 1. The van der Waals surface area contributed by atoms with E-state index in [0.717, 1.165) is 28.6 Å². The Morgan fingerprint density at radius 3 is 2.26 bits per heavy atom. The molecule has 0 atom stereocenters. The van der Waals surface area contributed by atoms with E-state index in [1.54, 1.807) is 36.4 Å². The Kier molecular flexibility index (Phi) is 8.68. The van der Waals surface area contributed by atoms with Crippen molar-refractivity contribution in [1.29, 1.82) is 0 Å². The number of halogens is 1. The second-order valence-corrected chi connectivity index (χ2v) is 11.2. The lowest BCUT2D eigenvalue weighted by atomic mass is 10.1. The molecular formula is C34H23ClN4O6S. The predicted octanol–water partition coefficient (Wildman–Crippen LogP) is 8.65. The first-order chi connectivity index (χ1) is 22.3. The number of benzene rings is 4. The van der Waals surface area contributed by atoms with Crippen LogP contribution in [0.15, 0.2) is 124 Å². The Bertz CT molecular complexity index is 2080. The van der Waals surface area contributed by atoms with Crippen LogP contribution < -0.4 is 4.74 Å². The first-order valence-electron chi connectivity index (χ1n) is 13.7. The summed E-state index contributed by atoms with van der Waals surface area (Å²) < 4.78 is 13.2. The van der Waals surface area contributed by atoms with E-state index < -0.39 is 10.9 Å². The van der Waals surface area contributed by atoms with Gasteiger partial charge in [-0.15, -0.1) is 10.2 Å². The van der Waals surface area contributed by atoms with E-state index in [0.29, 0.717) is 33.3 Å². The topological polar surface area (TPSA) is 134 Å². The molecule has 0 aliphatic rings. The Morgan fingerprint density at radius 1 is 0.957 bits per heavy atom. The van der Waals surface area contributed by atoms with Crippen LogP contribution in [0.4, 0.5) is 5.69 Å². The molecular weight excluding hydrogens is 628 g/mol. The van der Waals surface area contributed by atoms with Crippen molar-refractivity contribution in [3.05, 3.63) is 135 Å². The third-order valence-corrected chi connectivity index (χ3v) is 8.05. The lowest BCUT2D eigenvalue weighted by Gasteiger charge is -2.15. The summed E-state index contributed by atoms with van der Waals surface area (Å²) in [6, 6.07) is 32.1. The number of aliphatic carboxylic acids is 1. The van der Waals surface area contributed by atoms with Crippen LogP contribution in [-0.2, 0) is 4.79 Å². The number of hydrogen-bond acceptors (Lipinski definition) is 8. The molecule has 6 aromatic rings. The normalized spacial score (nSPS) is 11.4. The summed E-state index contributed by atoms with van der Waals surface area (Å²) in [6.07, 6.45) is 1.55. The van der Waals surface area contributed by atoms with Gasteiger partial charge in [0.15, 0.2) is 0 Å². The highest BCUT2D eigenvalue weighted by atomic mass is 35.5. The van der Waals surface area contributed by atoms with Crippen LogP contribution in [0.5, 0.6) is 5.75 Å². The third-order valence-electron chi connectivity index (χ3n) is 6.96. The zero-order valence-corrected chi connectivity index (χ0v) is 25.6. The van der Waals surface area contributed by atoms with Crippen LogP contribution >= 0.6 is 23.4 Å². The van der Waals surface area contributed by atoms with Gasteiger partial charge in [0.05, 0.1) is 29.0 Å². The molecule has 2 heterocycles. The van der Waals surface area contributed by atoms with Gasteiger partial charge in [0, 0.05) is 28.4 Å². The highest BCUT2D eigenvalue weighted by molar-refractivity contribution is 8.03. The number of carboxylic acid groups (broad SMARTS) is 1. The zero-order valence-electron chi connectivity index (χ0n) is 24.0. The first-order valence-corrected chi connectivity index (χ1v) is 14.9. The van der Waals surface area contributed by atoms with Crippen molar-refractivity contribution in [2.45, 2.75) is 5.22 Å². The fourth-order valence-corrected chi connectivity index (χ4v) is 5.76. The van der Waals surface area contributed by atoms with E-state index in [2.05, 4.69) is 10.2 Å². The molecule has 1 N–H and O–H groups in total. The summed E-state index contributed by atoms with van der Waals surface area (Å²) in [5, 5.41) is 30.3. The standard InChI is InChI=1S/C34H23ClN4O6S/c1-44-29-17-12-24(35)20-27(29)32-36-37-34(45-32)46-30(33(40)41)19-23-18-28(21-8-4-2-5-9-21)38(31(23)22-10-6-3-7-11-22)25-13-15-26(16-14-25)39(42)43/h2-20H,1H3,(H,40,41)/b30-19-. The molecule has 6 rings (SSSR count). The van der Waals surface area contributed by atoms with E-state index in [4.69, 9.17) is 20.8 Å². The number of carbonyl (C=O) groups is 1. The van der Waals surface area contributed by atoms with Crippen molar-refractivity contribution in [3.8, 4) is 45.4 Å². The van der Waals surface area contributed by atoms with E-state index in [1.165, 1.54) is 19.2 Å². The number of nitro groups is 1. The van der Waals surface area contributed by atoms with Gasteiger partial charge in [0.25, 0.3) is 16.8 Å².